The van der Waals surface area contributed by atoms with Gasteiger partial charge in [-0.3, -0.25) is 4.79 Å². The van der Waals surface area contributed by atoms with Gasteiger partial charge in [-0.05, 0) is 31.4 Å². The van der Waals surface area contributed by atoms with Crippen LogP contribution in [-0.2, 0) is 4.79 Å². The van der Waals surface area contributed by atoms with Crippen LogP contribution in [0.15, 0.2) is 28.7 Å². The van der Waals surface area contributed by atoms with Crippen LogP contribution >= 0.6 is 31.9 Å². The van der Waals surface area contributed by atoms with Crippen LogP contribution in [0.5, 0.6) is 0 Å². The van der Waals surface area contributed by atoms with Crippen molar-refractivity contribution in [1.29, 1.82) is 0 Å². The first-order valence-electron chi connectivity index (χ1n) is 6.71. The molecule has 0 aromatic heterocycles. The van der Waals surface area contributed by atoms with E-state index in [9.17, 15) is 4.79 Å². The lowest BCUT2D eigenvalue weighted by Gasteiger charge is -2.31. The third-order valence-corrected chi connectivity index (χ3v) is 4.96. The van der Waals surface area contributed by atoms with Crippen LogP contribution in [-0.4, -0.2) is 22.2 Å². The number of rotatable bonds is 6. The Hall–Kier alpha value is -0.350. The fourth-order valence-corrected chi connectivity index (χ4v) is 2.95. The van der Waals surface area contributed by atoms with E-state index in [4.69, 9.17) is 0 Å². The molecule has 0 heterocycles. The number of alkyl halides is 1. The molecule has 0 spiro atoms. The molecule has 1 aromatic rings. The summed E-state index contributed by atoms with van der Waals surface area (Å²) in [6, 6.07) is 8.17. The van der Waals surface area contributed by atoms with Crippen molar-refractivity contribution in [3.05, 3.63) is 34.3 Å². The van der Waals surface area contributed by atoms with Crippen LogP contribution in [0.3, 0.4) is 0 Å². The second-order valence-electron chi connectivity index (χ2n) is 4.60. The largest absolute Gasteiger partial charge is 0.335 e. The molecule has 1 amide bonds. The van der Waals surface area contributed by atoms with Crippen molar-refractivity contribution in [3.8, 4) is 0 Å². The third kappa shape index (κ3) is 4.32. The minimum absolute atomic E-state index is 0.0784. The molecular formula is C15H21Br2NO. The molecule has 2 unspecified atom stereocenters. The molecule has 2 atom stereocenters. The number of hydrogen-bond donors (Lipinski definition) is 0. The van der Waals surface area contributed by atoms with Gasteiger partial charge < -0.3 is 4.90 Å². The predicted molar refractivity (Wildman–Crippen MR) is 87.6 cm³/mol. The van der Waals surface area contributed by atoms with Crippen molar-refractivity contribution in [2.45, 2.75) is 44.5 Å². The first-order valence-corrected chi connectivity index (χ1v) is 8.42. The van der Waals surface area contributed by atoms with E-state index < -0.39 is 0 Å². The van der Waals surface area contributed by atoms with E-state index in [2.05, 4.69) is 51.8 Å². The Balaban J connectivity index is 2.99. The fraction of sp³-hybridized carbons (Fsp3) is 0.533. The van der Waals surface area contributed by atoms with E-state index in [1.165, 1.54) is 0 Å². The van der Waals surface area contributed by atoms with Gasteiger partial charge in [0.1, 0.15) is 0 Å². The quantitative estimate of drug-likeness (QED) is 0.631. The lowest BCUT2D eigenvalue weighted by molar-refractivity contribution is -0.132. The highest BCUT2D eigenvalue weighted by molar-refractivity contribution is 9.10. The van der Waals surface area contributed by atoms with Gasteiger partial charge in [-0.1, -0.05) is 63.9 Å². The monoisotopic (exact) mass is 389 g/mol. The number of amides is 1. The molecule has 106 valence electrons. The molecule has 4 heteroatoms. The summed E-state index contributed by atoms with van der Waals surface area (Å²) in [5.41, 5.74) is 1.15. The molecule has 0 N–H and O–H groups in total. The number of carbonyl (C=O) groups excluding carboxylic acids is 1. The van der Waals surface area contributed by atoms with E-state index in [1.807, 2.05) is 30.0 Å². The van der Waals surface area contributed by atoms with E-state index >= 15 is 0 Å². The van der Waals surface area contributed by atoms with Crippen LogP contribution in [0.4, 0.5) is 0 Å². The highest BCUT2D eigenvalue weighted by Crippen LogP contribution is 2.29. The number of carbonyl (C=O) groups is 1. The van der Waals surface area contributed by atoms with Gasteiger partial charge in [0.2, 0.25) is 5.91 Å². The Morgan fingerprint density at radius 2 is 1.95 bits per heavy atom. The van der Waals surface area contributed by atoms with Gasteiger partial charge in [0.25, 0.3) is 0 Å². The normalized spacial score (nSPS) is 13.9. The zero-order chi connectivity index (χ0) is 14.4. The maximum Gasteiger partial charge on any atom is 0.236 e. The van der Waals surface area contributed by atoms with Gasteiger partial charge in [-0.2, -0.15) is 0 Å². The van der Waals surface area contributed by atoms with Crippen LogP contribution in [0, 0.1) is 0 Å². The van der Waals surface area contributed by atoms with Crippen LogP contribution < -0.4 is 0 Å². The SMILES string of the molecule is CCCN(C(=O)C(Br)CC)C(C)c1ccccc1Br. The predicted octanol–water partition coefficient (Wildman–Crippen LogP) is 4.92. The van der Waals surface area contributed by atoms with E-state index in [0.717, 1.165) is 29.4 Å². The zero-order valence-corrected chi connectivity index (χ0v) is 14.9. The molecule has 0 aliphatic carbocycles. The third-order valence-electron chi connectivity index (χ3n) is 3.20. The summed E-state index contributed by atoms with van der Waals surface area (Å²) in [5.74, 6) is 0.174. The first kappa shape index (κ1) is 16.7. The molecule has 19 heavy (non-hydrogen) atoms. The van der Waals surface area contributed by atoms with Crippen LogP contribution in [0.2, 0.25) is 0 Å². The Kier molecular flexibility index (Phi) is 7.08. The summed E-state index contributed by atoms with van der Waals surface area (Å²) in [5, 5.41) is 0. The Morgan fingerprint density at radius 3 is 2.47 bits per heavy atom. The molecule has 0 bridgehead atoms. The summed E-state index contributed by atoms with van der Waals surface area (Å²) >= 11 is 7.04. The second kappa shape index (κ2) is 8.05. The lowest BCUT2D eigenvalue weighted by Crippen LogP contribution is -2.39. The fourth-order valence-electron chi connectivity index (χ4n) is 2.07. The van der Waals surface area contributed by atoms with Gasteiger partial charge in [0.05, 0.1) is 10.9 Å². The maximum absolute atomic E-state index is 12.5. The minimum atomic E-state index is -0.0935. The minimum Gasteiger partial charge on any atom is -0.335 e. The number of nitrogens with zero attached hydrogens (tertiary/aromatic N) is 1. The van der Waals surface area contributed by atoms with E-state index in [0.29, 0.717) is 0 Å². The highest BCUT2D eigenvalue weighted by atomic mass is 79.9. The Labute approximate surface area is 132 Å². The van der Waals surface area contributed by atoms with Crippen LogP contribution in [0.1, 0.15) is 45.2 Å². The Bertz CT molecular complexity index is 422. The summed E-state index contributed by atoms with van der Waals surface area (Å²) in [6.45, 7) is 6.99. The molecule has 1 aromatic carbocycles. The molecule has 0 fully saturated rings. The van der Waals surface area contributed by atoms with Gasteiger partial charge in [0.15, 0.2) is 0 Å². The summed E-state index contributed by atoms with van der Waals surface area (Å²) < 4.78 is 1.05. The van der Waals surface area contributed by atoms with Crippen molar-refractivity contribution in [3.63, 3.8) is 0 Å². The van der Waals surface area contributed by atoms with Gasteiger partial charge >= 0.3 is 0 Å². The number of halogens is 2. The average molecular weight is 391 g/mol. The van der Waals surface area contributed by atoms with Crippen molar-refractivity contribution < 1.29 is 4.79 Å². The first-order chi connectivity index (χ1) is 9.02. The summed E-state index contributed by atoms with van der Waals surface area (Å²) in [6.07, 6.45) is 1.77. The molecular weight excluding hydrogens is 370 g/mol. The van der Waals surface area contributed by atoms with Crippen molar-refractivity contribution in [2.24, 2.45) is 0 Å². The topological polar surface area (TPSA) is 20.3 Å². The van der Waals surface area contributed by atoms with Crippen molar-refractivity contribution >= 4 is 37.8 Å². The van der Waals surface area contributed by atoms with Crippen molar-refractivity contribution in [2.75, 3.05) is 6.54 Å². The molecule has 0 radical (unpaired) electrons. The summed E-state index contributed by atoms with van der Waals surface area (Å²) in [7, 11) is 0. The van der Waals surface area contributed by atoms with Gasteiger partial charge in [-0.15, -0.1) is 0 Å². The van der Waals surface area contributed by atoms with Crippen LogP contribution in [0.25, 0.3) is 0 Å². The zero-order valence-electron chi connectivity index (χ0n) is 11.7. The van der Waals surface area contributed by atoms with Gasteiger partial charge in [-0.25, -0.2) is 0 Å². The maximum atomic E-state index is 12.5. The smallest absolute Gasteiger partial charge is 0.236 e. The Morgan fingerprint density at radius 1 is 1.32 bits per heavy atom. The van der Waals surface area contributed by atoms with E-state index in [-0.39, 0.29) is 16.8 Å². The highest BCUT2D eigenvalue weighted by Gasteiger charge is 2.26. The summed E-state index contributed by atoms with van der Waals surface area (Å²) in [4.78, 5) is 14.3. The lowest BCUT2D eigenvalue weighted by atomic mass is 10.1. The number of benzene rings is 1. The van der Waals surface area contributed by atoms with Gasteiger partial charge in [0, 0.05) is 11.0 Å². The second-order valence-corrected chi connectivity index (χ2v) is 6.56. The standard InChI is InChI=1S/C15H21Br2NO/c1-4-10-18(15(19)13(16)5-2)11(3)12-8-6-7-9-14(12)17/h6-9,11,13H,4-5,10H2,1-3H3. The van der Waals surface area contributed by atoms with E-state index in [1.54, 1.807) is 0 Å². The molecule has 0 saturated heterocycles. The molecule has 0 aliphatic rings. The number of hydrogen-bond acceptors (Lipinski definition) is 1. The molecule has 0 aliphatic heterocycles. The van der Waals surface area contributed by atoms with Crippen molar-refractivity contribution in [1.82, 2.24) is 4.90 Å². The molecule has 1 rings (SSSR count). The molecule has 0 saturated carbocycles. The molecule has 2 nitrogen and oxygen atoms in total. The average Bonchev–Trinajstić information content (AvgIpc) is 2.43.